The molecule has 0 fully saturated rings. The van der Waals surface area contributed by atoms with Crippen LogP contribution in [0.15, 0.2) is 97.3 Å². The van der Waals surface area contributed by atoms with Crippen LogP contribution in [0.25, 0.3) is 0 Å². The van der Waals surface area contributed by atoms with Crippen molar-refractivity contribution in [3.8, 4) is 0 Å². The van der Waals surface area contributed by atoms with Crippen molar-refractivity contribution in [2.24, 2.45) is 0 Å². The molecule has 0 saturated carbocycles. The van der Waals surface area contributed by atoms with Gasteiger partial charge < -0.3 is 0 Å². The Morgan fingerprint density at radius 1 is 0.667 bits per heavy atom. The summed E-state index contributed by atoms with van der Waals surface area (Å²) in [4.78, 5) is 1.54. The van der Waals surface area contributed by atoms with Gasteiger partial charge in [0.05, 0.1) is 0 Å². The molecule has 4 rings (SSSR count). The fraction of sp³-hybridized carbons (Fsp3) is 0.0500. The van der Waals surface area contributed by atoms with E-state index in [1.807, 2.05) is 91.0 Å². The predicted octanol–water partition coefficient (Wildman–Crippen LogP) is 3.51. The zero-order chi connectivity index (χ0) is 17.1. The van der Waals surface area contributed by atoms with Gasteiger partial charge in [-0.25, -0.2) is 0 Å². The summed E-state index contributed by atoms with van der Waals surface area (Å²) in [7, 11) is 0. The summed E-state index contributed by atoms with van der Waals surface area (Å²) in [5, 5.41) is 12.3. The summed E-state index contributed by atoms with van der Waals surface area (Å²) >= 11 is 0. The summed E-state index contributed by atoms with van der Waals surface area (Å²) in [5.41, 5.74) is 2.22. The highest BCUT2D eigenvalue weighted by Crippen LogP contribution is 2.39. The maximum Gasteiger partial charge on any atom is 0.162 e. The van der Waals surface area contributed by atoms with Crippen molar-refractivity contribution in [2.45, 2.75) is 5.54 Å². The van der Waals surface area contributed by atoms with E-state index >= 15 is 0 Å². The molecule has 24 heavy (non-hydrogen) atoms. The molecule has 0 unspecified atom stereocenters. The van der Waals surface area contributed by atoms with Crippen molar-refractivity contribution in [1.29, 1.82) is 0 Å². The fourth-order valence-corrected chi connectivity index (χ4v) is 3.17. The molecule has 0 aliphatic rings. The minimum Gasteiger partial charge on any atom is -0.145 e. The Bertz CT molecular complexity index is 856. The molecule has 3 aromatic carbocycles. The topological polar surface area (TPSA) is 43.6 Å². The van der Waals surface area contributed by atoms with Gasteiger partial charge in [-0.1, -0.05) is 91.0 Å². The van der Waals surface area contributed by atoms with Crippen LogP contribution in [-0.2, 0) is 5.54 Å². The quantitative estimate of drug-likeness (QED) is 0.542. The molecule has 0 saturated heterocycles. The highest BCUT2D eigenvalue weighted by molar-refractivity contribution is 5.49. The van der Waals surface area contributed by atoms with Crippen LogP contribution in [0.3, 0.4) is 0 Å². The molecule has 4 nitrogen and oxygen atoms in total. The Hall–Kier alpha value is -3.27. The molecular weight excluding hydrogens is 296 g/mol. The Morgan fingerprint density at radius 3 is 1.42 bits per heavy atom. The van der Waals surface area contributed by atoms with Crippen molar-refractivity contribution in [2.75, 3.05) is 0 Å². The van der Waals surface area contributed by atoms with E-state index in [1.54, 1.807) is 0 Å². The van der Waals surface area contributed by atoms with Crippen molar-refractivity contribution >= 4 is 0 Å². The largest absolute Gasteiger partial charge is 0.162 e. The molecule has 0 aliphatic carbocycles. The molecule has 1 heterocycles. The Labute approximate surface area is 141 Å². The van der Waals surface area contributed by atoms with Crippen LogP contribution in [0.4, 0.5) is 0 Å². The minimum atomic E-state index is -0.796. The Kier molecular flexibility index (Phi) is 3.34. The molecule has 4 aromatic rings. The van der Waals surface area contributed by atoms with Crippen LogP contribution < -0.4 is 0 Å². The van der Waals surface area contributed by atoms with E-state index < -0.39 is 5.54 Å². The smallest absolute Gasteiger partial charge is 0.145 e. The number of hydrogen-bond acceptors (Lipinski definition) is 3. The van der Waals surface area contributed by atoms with Crippen LogP contribution in [0.1, 0.15) is 18.1 Å². The fourth-order valence-electron chi connectivity index (χ4n) is 3.17. The van der Waals surface area contributed by atoms with E-state index in [9.17, 15) is 0 Å². The normalized spacial score (nSPS) is 11.9. The zero-order valence-corrected chi connectivity index (χ0v) is 12.9. The van der Waals surface area contributed by atoms with Gasteiger partial charge in [0.25, 0.3) is 0 Å². The van der Waals surface area contributed by atoms with E-state index in [2.05, 4.69) is 15.4 Å². The second-order valence-electron chi connectivity index (χ2n) is 5.49. The first-order valence-corrected chi connectivity index (χ1v) is 7.75. The maximum atomic E-state index is 7.78. The number of benzene rings is 3. The molecular formula is C20H16N4. The number of hydrogen-bond donors (Lipinski definition) is 0. The van der Waals surface area contributed by atoms with E-state index in [-0.39, 0.29) is 6.30 Å². The lowest BCUT2D eigenvalue weighted by Crippen LogP contribution is -2.39. The van der Waals surface area contributed by atoms with Gasteiger partial charge in [-0.3, -0.25) is 0 Å². The number of tetrazole rings is 1. The Morgan fingerprint density at radius 2 is 1.08 bits per heavy atom. The highest BCUT2D eigenvalue weighted by atomic mass is 15.6. The van der Waals surface area contributed by atoms with Gasteiger partial charge in [-0.15, -0.1) is 15.0 Å². The lowest BCUT2D eigenvalue weighted by molar-refractivity contribution is 0.395. The summed E-state index contributed by atoms with van der Waals surface area (Å²) < 4.78 is 7.78. The van der Waals surface area contributed by atoms with Crippen molar-refractivity contribution in [3.05, 3.63) is 114 Å². The molecule has 116 valence electrons. The van der Waals surface area contributed by atoms with Gasteiger partial charge in [0.2, 0.25) is 0 Å². The van der Waals surface area contributed by atoms with E-state index in [4.69, 9.17) is 1.37 Å². The minimum absolute atomic E-state index is 0.104. The zero-order valence-electron chi connectivity index (χ0n) is 13.9. The molecule has 1 aromatic heterocycles. The average Bonchev–Trinajstić information content (AvgIpc) is 3.12. The Balaban J connectivity index is 2.12. The third kappa shape index (κ3) is 2.20. The monoisotopic (exact) mass is 313 g/mol. The van der Waals surface area contributed by atoms with Gasteiger partial charge in [0, 0.05) is 0 Å². The third-order valence-electron chi connectivity index (χ3n) is 4.19. The van der Waals surface area contributed by atoms with Crippen molar-refractivity contribution in [3.63, 3.8) is 0 Å². The molecule has 4 heteroatoms. The van der Waals surface area contributed by atoms with Gasteiger partial charge in [-0.05, 0) is 21.9 Å². The predicted molar refractivity (Wildman–Crippen MR) is 92.4 cm³/mol. The molecule has 0 aliphatic heterocycles. The van der Waals surface area contributed by atoms with E-state index in [0.29, 0.717) is 0 Å². The molecule has 0 amide bonds. The first kappa shape index (κ1) is 13.2. The van der Waals surface area contributed by atoms with Crippen molar-refractivity contribution < 1.29 is 1.37 Å². The number of nitrogens with zero attached hydrogens (tertiary/aromatic N) is 4. The van der Waals surface area contributed by atoms with Gasteiger partial charge in [-0.2, -0.15) is 0 Å². The summed E-state index contributed by atoms with van der Waals surface area (Å²) in [6.07, 6.45) is -0.104. The second kappa shape index (κ2) is 6.08. The summed E-state index contributed by atoms with van der Waals surface area (Å²) in [6.45, 7) is 0. The molecule has 0 spiro atoms. The van der Waals surface area contributed by atoms with Gasteiger partial charge >= 0.3 is 0 Å². The summed E-state index contributed by atoms with van der Waals surface area (Å²) in [5.74, 6) is 0. The standard InChI is InChI=1S/C20H16N4/c1-4-10-17(11-5-1)20(24-22-16-21-23-24,18-12-6-2-7-13-18)19-14-8-3-9-15-19/h1-16H/i16D. The lowest BCUT2D eigenvalue weighted by Gasteiger charge is -2.34. The van der Waals surface area contributed by atoms with Crippen LogP contribution >= 0.6 is 0 Å². The summed E-state index contributed by atoms with van der Waals surface area (Å²) in [6, 6.07) is 30.2. The van der Waals surface area contributed by atoms with Crippen LogP contribution in [0, 0.1) is 0 Å². The molecule has 0 N–H and O–H groups in total. The molecule has 0 atom stereocenters. The number of rotatable bonds is 4. The average molecular weight is 313 g/mol. The molecule has 0 radical (unpaired) electrons. The third-order valence-corrected chi connectivity index (χ3v) is 4.19. The van der Waals surface area contributed by atoms with Gasteiger partial charge in [0.1, 0.15) is 1.37 Å². The SMILES string of the molecule is [2H]c1nnn(C(c2ccccc2)(c2ccccc2)c2ccccc2)n1. The van der Waals surface area contributed by atoms with Crippen LogP contribution in [0.5, 0.6) is 0 Å². The van der Waals surface area contributed by atoms with Gasteiger partial charge in [0.15, 0.2) is 11.8 Å². The molecule has 0 bridgehead atoms. The van der Waals surface area contributed by atoms with Crippen LogP contribution in [-0.4, -0.2) is 20.2 Å². The van der Waals surface area contributed by atoms with Crippen molar-refractivity contribution in [1.82, 2.24) is 20.2 Å². The lowest BCUT2D eigenvalue weighted by atomic mass is 9.77. The highest BCUT2D eigenvalue weighted by Gasteiger charge is 2.40. The first-order valence-electron chi connectivity index (χ1n) is 8.25. The van der Waals surface area contributed by atoms with E-state index in [1.165, 1.54) is 4.80 Å². The maximum absolute atomic E-state index is 7.78. The first-order chi connectivity index (χ1) is 12.3. The second-order valence-corrected chi connectivity index (χ2v) is 5.49. The van der Waals surface area contributed by atoms with E-state index in [0.717, 1.165) is 16.7 Å². The van der Waals surface area contributed by atoms with Crippen LogP contribution in [0.2, 0.25) is 0 Å². The number of aromatic nitrogens is 4.